The molecule has 82 valence electrons. The minimum atomic E-state index is -0.671. The Morgan fingerprint density at radius 2 is 1.93 bits per heavy atom. The van der Waals surface area contributed by atoms with Crippen LogP contribution in [0.15, 0.2) is 24.3 Å². The zero-order chi connectivity index (χ0) is 11.3. The molecule has 0 heterocycles. The number of hydrogen-bond acceptors (Lipinski definition) is 3. The Labute approximate surface area is 90.2 Å². The molecule has 0 unspecified atom stereocenters. The molecule has 0 aliphatic carbocycles. The molecule has 0 saturated carbocycles. The lowest BCUT2D eigenvalue weighted by molar-refractivity contribution is -0.144. The van der Waals surface area contributed by atoms with Crippen LogP contribution in [0.5, 0.6) is 0 Å². The van der Waals surface area contributed by atoms with Gasteiger partial charge < -0.3 is 10.5 Å². The second-order valence-corrected chi connectivity index (χ2v) is 3.32. The molecule has 1 aromatic rings. The molecule has 0 aliphatic heterocycles. The normalized spacial score (nSPS) is 12.2. The topological polar surface area (TPSA) is 52.3 Å². The Hall–Kier alpha value is -1.35. The van der Waals surface area contributed by atoms with E-state index < -0.39 is 6.04 Å². The van der Waals surface area contributed by atoms with Crippen LogP contribution < -0.4 is 5.73 Å². The predicted octanol–water partition coefficient (Wildman–Crippen LogP) is 1.81. The number of rotatable bonds is 4. The number of ether oxygens (including phenoxy) is 1. The summed E-state index contributed by atoms with van der Waals surface area (Å²) in [6, 6.07) is 7.04. The van der Waals surface area contributed by atoms with Gasteiger partial charge in [-0.3, -0.25) is 0 Å². The zero-order valence-electron chi connectivity index (χ0n) is 9.19. The fraction of sp³-hybridized carbons (Fsp3) is 0.417. The van der Waals surface area contributed by atoms with Crippen LogP contribution >= 0.6 is 0 Å². The molecule has 0 radical (unpaired) electrons. The van der Waals surface area contributed by atoms with Crippen LogP contribution in [0.25, 0.3) is 0 Å². The quantitative estimate of drug-likeness (QED) is 0.766. The maximum Gasteiger partial charge on any atom is 0.327 e. The highest BCUT2D eigenvalue weighted by Gasteiger charge is 2.16. The number of aryl methyl sites for hydroxylation is 1. The van der Waals surface area contributed by atoms with E-state index >= 15 is 0 Å². The molecule has 3 nitrogen and oxygen atoms in total. The summed E-state index contributed by atoms with van der Waals surface area (Å²) in [6.45, 7) is 4.21. The van der Waals surface area contributed by atoms with Gasteiger partial charge in [-0.15, -0.1) is 0 Å². The van der Waals surface area contributed by atoms with E-state index in [1.807, 2.05) is 24.3 Å². The average molecular weight is 207 g/mol. The minimum absolute atomic E-state index is 0.361. The van der Waals surface area contributed by atoms with Crippen LogP contribution in [-0.4, -0.2) is 12.6 Å². The van der Waals surface area contributed by atoms with Gasteiger partial charge in [-0.2, -0.15) is 0 Å². The number of nitrogens with two attached hydrogens (primary N) is 1. The fourth-order valence-corrected chi connectivity index (χ4v) is 1.33. The van der Waals surface area contributed by atoms with Gasteiger partial charge in [0.15, 0.2) is 0 Å². The van der Waals surface area contributed by atoms with Crippen molar-refractivity contribution >= 4 is 5.97 Å². The van der Waals surface area contributed by atoms with Crippen molar-refractivity contribution in [3.63, 3.8) is 0 Å². The van der Waals surface area contributed by atoms with Crippen LogP contribution in [0, 0.1) is 0 Å². The molecule has 1 aromatic carbocycles. The summed E-state index contributed by atoms with van der Waals surface area (Å²) in [4.78, 5) is 11.4. The predicted molar refractivity (Wildman–Crippen MR) is 59.4 cm³/mol. The van der Waals surface area contributed by atoms with Gasteiger partial charge in [0, 0.05) is 0 Å². The largest absolute Gasteiger partial charge is 0.465 e. The van der Waals surface area contributed by atoms with E-state index in [-0.39, 0.29) is 5.97 Å². The molecular formula is C12H17NO2. The summed E-state index contributed by atoms with van der Waals surface area (Å²) in [6.07, 6.45) is 0.981. The zero-order valence-corrected chi connectivity index (χ0v) is 9.19. The Balaban J connectivity index is 2.73. The van der Waals surface area contributed by atoms with E-state index in [1.165, 1.54) is 5.56 Å². The lowest BCUT2D eigenvalue weighted by Crippen LogP contribution is -2.23. The van der Waals surface area contributed by atoms with E-state index in [1.54, 1.807) is 6.92 Å². The standard InChI is InChI=1S/C12H17NO2/c1-3-9-5-7-10(8-6-9)11(13)12(14)15-4-2/h5-8,11H,3-4,13H2,1-2H3/t11-/m0/s1. The molecule has 3 heteroatoms. The van der Waals surface area contributed by atoms with Crippen LogP contribution in [-0.2, 0) is 16.0 Å². The Kier molecular flexibility index (Phi) is 4.31. The minimum Gasteiger partial charge on any atom is -0.465 e. The summed E-state index contributed by atoms with van der Waals surface area (Å²) < 4.78 is 4.85. The van der Waals surface area contributed by atoms with Gasteiger partial charge in [0.2, 0.25) is 0 Å². The van der Waals surface area contributed by atoms with E-state index in [0.29, 0.717) is 6.61 Å². The molecule has 0 aromatic heterocycles. The van der Waals surface area contributed by atoms with Crippen molar-refractivity contribution in [1.82, 2.24) is 0 Å². The van der Waals surface area contributed by atoms with Gasteiger partial charge in [-0.25, -0.2) is 4.79 Å². The van der Waals surface area contributed by atoms with Gasteiger partial charge >= 0.3 is 5.97 Å². The van der Waals surface area contributed by atoms with E-state index in [4.69, 9.17) is 10.5 Å². The summed E-state index contributed by atoms with van der Waals surface area (Å²) >= 11 is 0. The first kappa shape index (κ1) is 11.7. The number of benzene rings is 1. The Morgan fingerprint density at radius 3 is 2.40 bits per heavy atom. The van der Waals surface area contributed by atoms with Crippen LogP contribution in [0.3, 0.4) is 0 Å². The Morgan fingerprint density at radius 1 is 1.33 bits per heavy atom. The summed E-state index contributed by atoms with van der Waals surface area (Å²) in [5.74, 6) is -0.373. The van der Waals surface area contributed by atoms with Crippen molar-refractivity contribution in [2.45, 2.75) is 26.3 Å². The van der Waals surface area contributed by atoms with E-state index in [2.05, 4.69) is 6.92 Å². The van der Waals surface area contributed by atoms with Gasteiger partial charge in [-0.05, 0) is 24.5 Å². The maximum absolute atomic E-state index is 11.4. The lowest BCUT2D eigenvalue weighted by Gasteiger charge is -2.11. The molecule has 0 aliphatic rings. The van der Waals surface area contributed by atoms with Gasteiger partial charge in [0.1, 0.15) is 6.04 Å². The van der Waals surface area contributed by atoms with Crippen LogP contribution in [0.1, 0.15) is 31.0 Å². The molecule has 0 amide bonds. The average Bonchev–Trinajstić information content (AvgIpc) is 2.28. The number of carbonyl (C=O) groups excluding carboxylic acids is 1. The molecule has 0 fully saturated rings. The maximum atomic E-state index is 11.4. The summed E-state index contributed by atoms with van der Waals surface area (Å²) in [7, 11) is 0. The number of hydrogen-bond donors (Lipinski definition) is 1. The third kappa shape index (κ3) is 3.06. The highest BCUT2D eigenvalue weighted by atomic mass is 16.5. The molecule has 2 N–H and O–H groups in total. The van der Waals surface area contributed by atoms with E-state index in [9.17, 15) is 4.79 Å². The second-order valence-electron chi connectivity index (χ2n) is 3.32. The highest BCUT2D eigenvalue weighted by Crippen LogP contribution is 2.13. The van der Waals surface area contributed by atoms with Crippen LogP contribution in [0.2, 0.25) is 0 Å². The first-order valence-electron chi connectivity index (χ1n) is 5.20. The first-order valence-corrected chi connectivity index (χ1v) is 5.20. The van der Waals surface area contributed by atoms with Gasteiger partial charge in [0.25, 0.3) is 0 Å². The van der Waals surface area contributed by atoms with Crippen molar-refractivity contribution in [3.8, 4) is 0 Å². The smallest absolute Gasteiger partial charge is 0.327 e. The van der Waals surface area contributed by atoms with E-state index in [0.717, 1.165) is 12.0 Å². The molecule has 1 rings (SSSR count). The highest BCUT2D eigenvalue weighted by molar-refractivity contribution is 5.77. The summed E-state index contributed by atoms with van der Waals surface area (Å²) in [5, 5.41) is 0. The Bertz CT molecular complexity index is 319. The SMILES string of the molecule is CCOC(=O)[C@@H](N)c1ccc(CC)cc1. The fourth-order valence-electron chi connectivity index (χ4n) is 1.33. The van der Waals surface area contributed by atoms with Gasteiger partial charge in [0.05, 0.1) is 6.61 Å². The number of esters is 1. The van der Waals surface area contributed by atoms with Crippen molar-refractivity contribution in [2.75, 3.05) is 6.61 Å². The molecular weight excluding hydrogens is 190 g/mol. The van der Waals surface area contributed by atoms with Crippen molar-refractivity contribution < 1.29 is 9.53 Å². The molecule has 0 spiro atoms. The van der Waals surface area contributed by atoms with Crippen molar-refractivity contribution in [2.24, 2.45) is 5.73 Å². The second kappa shape index (κ2) is 5.51. The monoisotopic (exact) mass is 207 g/mol. The van der Waals surface area contributed by atoms with Crippen molar-refractivity contribution in [3.05, 3.63) is 35.4 Å². The third-order valence-electron chi connectivity index (χ3n) is 2.29. The lowest BCUT2D eigenvalue weighted by atomic mass is 10.0. The molecule has 15 heavy (non-hydrogen) atoms. The van der Waals surface area contributed by atoms with Crippen LogP contribution in [0.4, 0.5) is 0 Å². The first-order chi connectivity index (χ1) is 7.19. The summed E-state index contributed by atoms with van der Waals surface area (Å²) in [5.41, 5.74) is 7.77. The molecule has 0 saturated heterocycles. The van der Waals surface area contributed by atoms with Crippen molar-refractivity contribution in [1.29, 1.82) is 0 Å². The van der Waals surface area contributed by atoms with Gasteiger partial charge in [-0.1, -0.05) is 31.2 Å². The molecule has 0 bridgehead atoms. The number of carbonyl (C=O) groups is 1. The molecule has 1 atom stereocenters. The third-order valence-corrected chi connectivity index (χ3v) is 2.29.